The standard InChI is InChI=1S/C21H26FN3O/c1-16-4-2-3-5-20(16)24-21(26)23-14-17-10-12-25(13-11-17)15-18-6-8-19(22)9-7-18/h2-9,17H,10-15H2,1H3,(H2,23,24,26). The molecule has 0 aromatic heterocycles. The molecule has 0 unspecified atom stereocenters. The summed E-state index contributed by atoms with van der Waals surface area (Å²) in [5, 5.41) is 5.89. The molecule has 0 saturated carbocycles. The molecule has 2 amide bonds. The summed E-state index contributed by atoms with van der Waals surface area (Å²) in [4.78, 5) is 14.5. The van der Waals surface area contributed by atoms with Gasteiger partial charge in [-0.1, -0.05) is 30.3 Å². The van der Waals surface area contributed by atoms with E-state index in [-0.39, 0.29) is 11.8 Å². The van der Waals surface area contributed by atoms with Crippen molar-refractivity contribution in [2.24, 2.45) is 5.92 Å². The molecule has 1 saturated heterocycles. The minimum atomic E-state index is -0.192. The van der Waals surface area contributed by atoms with E-state index in [2.05, 4.69) is 15.5 Å². The van der Waals surface area contributed by atoms with Crippen LogP contribution in [0, 0.1) is 18.7 Å². The normalized spacial score (nSPS) is 15.6. The first kappa shape index (κ1) is 18.4. The molecule has 138 valence electrons. The number of amides is 2. The Morgan fingerprint density at radius 1 is 1.12 bits per heavy atom. The molecular formula is C21H26FN3O. The summed E-state index contributed by atoms with van der Waals surface area (Å²) in [7, 11) is 0. The van der Waals surface area contributed by atoms with E-state index in [4.69, 9.17) is 0 Å². The second kappa shape index (κ2) is 8.81. The summed E-state index contributed by atoms with van der Waals surface area (Å²) in [5.74, 6) is 0.310. The van der Waals surface area contributed by atoms with Crippen molar-refractivity contribution in [1.29, 1.82) is 0 Å². The minimum Gasteiger partial charge on any atom is -0.338 e. The molecule has 0 radical (unpaired) electrons. The van der Waals surface area contributed by atoms with Gasteiger partial charge in [-0.2, -0.15) is 0 Å². The third-order valence-electron chi connectivity index (χ3n) is 4.97. The molecule has 1 fully saturated rings. The third-order valence-corrected chi connectivity index (χ3v) is 4.97. The fourth-order valence-corrected chi connectivity index (χ4v) is 3.31. The topological polar surface area (TPSA) is 44.4 Å². The van der Waals surface area contributed by atoms with Crippen LogP contribution >= 0.6 is 0 Å². The summed E-state index contributed by atoms with van der Waals surface area (Å²) in [5.41, 5.74) is 3.04. The Balaban J connectivity index is 1.38. The maximum Gasteiger partial charge on any atom is 0.319 e. The Kier molecular flexibility index (Phi) is 6.23. The van der Waals surface area contributed by atoms with Gasteiger partial charge >= 0.3 is 6.03 Å². The fourth-order valence-electron chi connectivity index (χ4n) is 3.31. The highest BCUT2D eigenvalue weighted by Gasteiger charge is 2.19. The van der Waals surface area contributed by atoms with E-state index in [1.807, 2.05) is 43.3 Å². The molecule has 0 atom stereocenters. The van der Waals surface area contributed by atoms with Crippen molar-refractivity contribution in [3.05, 3.63) is 65.5 Å². The van der Waals surface area contributed by atoms with Crippen LogP contribution in [0.2, 0.25) is 0 Å². The van der Waals surface area contributed by atoms with Crippen molar-refractivity contribution in [1.82, 2.24) is 10.2 Å². The second-order valence-corrected chi connectivity index (χ2v) is 7.00. The number of aryl methyl sites for hydroxylation is 1. The maximum atomic E-state index is 13.0. The van der Waals surface area contributed by atoms with Crippen molar-refractivity contribution < 1.29 is 9.18 Å². The summed E-state index contributed by atoms with van der Waals surface area (Å²) >= 11 is 0. The van der Waals surface area contributed by atoms with Gasteiger partial charge in [0.15, 0.2) is 0 Å². The van der Waals surface area contributed by atoms with E-state index in [1.54, 1.807) is 0 Å². The number of carbonyl (C=O) groups excluding carboxylic acids is 1. The first-order valence-electron chi connectivity index (χ1n) is 9.17. The van der Waals surface area contributed by atoms with Crippen molar-refractivity contribution >= 4 is 11.7 Å². The van der Waals surface area contributed by atoms with Crippen LogP contribution < -0.4 is 10.6 Å². The van der Waals surface area contributed by atoms with Gasteiger partial charge in [0.25, 0.3) is 0 Å². The average Bonchev–Trinajstić information content (AvgIpc) is 2.65. The van der Waals surface area contributed by atoms with Crippen molar-refractivity contribution in [3.63, 3.8) is 0 Å². The monoisotopic (exact) mass is 355 g/mol. The number of likely N-dealkylation sites (tertiary alicyclic amines) is 1. The SMILES string of the molecule is Cc1ccccc1NC(=O)NCC1CCN(Cc2ccc(F)cc2)CC1. The number of urea groups is 1. The summed E-state index contributed by atoms with van der Waals surface area (Å²) in [6.45, 7) is 5.54. The molecule has 1 heterocycles. The molecule has 1 aliphatic rings. The van der Waals surface area contributed by atoms with Crippen molar-refractivity contribution in [3.8, 4) is 0 Å². The third kappa shape index (κ3) is 5.30. The lowest BCUT2D eigenvalue weighted by Gasteiger charge is -2.32. The maximum absolute atomic E-state index is 13.0. The predicted molar refractivity (Wildman–Crippen MR) is 103 cm³/mol. The highest BCUT2D eigenvalue weighted by atomic mass is 19.1. The number of nitrogens with one attached hydrogen (secondary N) is 2. The van der Waals surface area contributed by atoms with Gasteiger partial charge in [0.05, 0.1) is 0 Å². The molecule has 3 rings (SSSR count). The number of para-hydroxylation sites is 1. The van der Waals surface area contributed by atoms with Crippen molar-refractivity contribution in [2.45, 2.75) is 26.3 Å². The lowest BCUT2D eigenvalue weighted by Crippen LogP contribution is -2.39. The van der Waals surface area contributed by atoms with Gasteiger partial charge in [0, 0.05) is 18.8 Å². The Hall–Kier alpha value is -2.40. The van der Waals surface area contributed by atoms with Gasteiger partial charge in [-0.3, -0.25) is 4.90 Å². The Morgan fingerprint density at radius 3 is 2.50 bits per heavy atom. The molecule has 0 aliphatic carbocycles. The van der Waals surface area contributed by atoms with E-state index in [1.165, 1.54) is 12.1 Å². The van der Waals surface area contributed by atoms with E-state index >= 15 is 0 Å². The number of piperidine rings is 1. The van der Waals surface area contributed by atoms with Gasteiger partial charge < -0.3 is 10.6 Å². The number of anilines is 1. The molecule has 0 bridgehead atoms. The van der Waals surface area contributed by atoms with Crippen LogP contribution in [-0.2, 0) is 6.54 Å². The number of rotatable bonds is 5. The number of benzene rings is 2. The predicted octanol–water partition coefficient (Wildman–Crippen LogP) is 4.17. The van der Waals surface area contributed by atoms with Crippen LogP contribution in [0.25, 0.3) is 0 Å². The van der Waals surface area contributed by atoms with Gasteiger partial charge in [0.2, 0.25) is 0 Å². The molecule has 0 spiro atoms. The largest absolute Gasteiger partial charge is 0.338 e. The molecule has 5 heteroatoms. The second-order valence-electron chi connectivity index (χ2n) is 7.00. The van der Waals surface area contributed by atoms with Crippen LogP contribution in [0.5, 0.6) is 0 Å². The number of hydrogen-bond donors (Lipinski definition) is 2. The first-order chi connectivity index (χ1) is 12.6. The van der Waals surface area contributed by atoms with Gasteiger partial charge in [-0.25, -0.2) is 9.18 Å². The van der Waals surface area contributed by atoms with Gasteiger partial charge in [-0.05, 0) is 68.1 Å². The van der Waals surface area contributed by atoms with Crippen LogP contribution in [-0.4, -0.2) is 30.6 Å². The number of halogens is 1. The lowest BCUT2D eigenvalue weighted by molar-refractivity contribution is 0.175. The molecule has 2 aromatic carbocycles. The van der Waals surface area contributed by atoms with Crippen LogP contribution in [0.15, 0.2) is 48.5 Å². The van der Waals surface area contributed by atoms with Crippen LogP contribution in [0.3, 0.4) is 0 Å². The molecule has 2 aromatic rings. The Bertz CT molecular complexity index is 724. The summed E-state index contributed by atoms with van der Waals surface area (Å²) in [6, 6.07) is 14.3. The average molecular weight is 355 g/mol. The Morgan fingerprint density at radius 2 is 1.81 bits per heavy atom. The molecule has 26 heavy (non-hydrogen) atoms. The quantitative estimate of drug-likeness (QED) is 0.845. The summed E-state index contributed by atoms with van der Waals surface area (Å²) in [6.07, 6.45) is 2.12. The lowest BCUT2D eigenvalue weighted by atomic mass is 9.96. The number of carbonyl (C=O) groups is 1. The smallest absolute Gasteiger partial charge is 0.319 e. The molecule has 2 N–H and O–H groups in total. The highest BCUT2D eigenvalue weighted by molar-refractivity contribution is 5.89. The van der Waals surface area contributed by atoms with Gasteiger partial charge in [-0.15, -0.1) is 0 Å². The van der Waals surface area contributed by atoms with Crippen LogP contribution in [0.1, 0.15) is 24.0 Å². The van der Waals surface area contributed by atoms with Crippen LogP contribution in [0.4, 0.5) is 14.9 Å². The number of nitrogens with zero attached hydrogens (tertiary/aromatic N) is 1. The van der Waals surface area contributed by atoms with Crippen molar-refractivity contribution in [2.75, 3.05) is 25.0 Å². The van der Waals surface area contributed by atoms with E-state index in [0.29, 0.717) is 12.5 Å². The molecule has 1 aliphatic heterocycles. The van der Waals surface area contributed by atoms with E-state index in [9.17, 15) is 9.18 Å². The molecule has 4 nitrogen and oxygen atoms in total. The zero-order chi connectivity index (χ0) is 18.4. The summed E-state index contributed by atoms with van der Waals surface area (Å²) < 4.78 is 13.0. The molecular weight excluding hydrogens is 329 g/mol. The van der Waals surface area contributed by atoms with Gasteiger partial charge in [0.1, 0.15) is 5.82 Å². The zero-order valence-corrected chi connectivity index (χ0v) is 15.2. The number of hydrogen-bond acceptors (Lipinski definition) is 2. The van der Waals surface area contributed by atoms with E-state index in [0.717, 1.165) is 49.3 Å². The fraction of sp³-hybridized carbons (Fsp3) is 0.381. The zero-order valence-electron chi connectivity index (χ0n) is 15.2. The first-order valence-corrected chi connectivity index (χ1v) is 9.17. The Labute approximate surface area is 154 Å². The highest BCUT2D eigenvalue weighted by Crippen LogP contribution is 2.19. The van der Waals surface area contributed by atoms with E-state index < -0.39 is 0 Å². The minimum absolute atomic E-state index is 0.145.